The van der Waals surface area contributed by atoms with Crippen molar-refractivity contribution in [2.75, 3.05) is 13.1 Å². The molecule has 176 valence electrons. The molecule has 3 rings (SSSR count). The molecule has 0 radical (unpaired) electrons. The van der Waals surface area contributed by atoms with Gasteiger partial charge in [-0.05, 0) is 54.8 Å². The standard InChI is InChI=1S/C23H22F3N3O3.ClH/c24-23(25,26)18-8-6-16(7-9-18)17-3-2-14-29(15-17)22(31)13-11-20-5-1-4-19(27-20)10-12-21(30)28-32;/h1,4-13,17,32H,2-3,14-15H2,(H,28,30);1H/b12-10+,13-11+;. The molecule has 6 nitrogen and oxygen atoms in total. The van der Waals surface area contributed by atoms with Gasteiger partial charge in [0.15, 0.2) is 0 Å². The van der Waals surface area contributed by atoms with Crippen molar-refractivity contribution in [2.24, 2.45) is 0 Å². The minimum Gasteiger partial charge on any atom is -0.339 e. The van der Waals surface area contributed by atoms with E-state index >= 15 is 0 Å². The number of piperidine rings is 1. The molecule has 2 heterocycles. The third-order valence-electron chi connectivity index (χ3n) is 5.15. The Hall–Kier alpha value is -3.17. The Morgan fingerprint density at radius 3 is 2.30 bits per heavy atom. The van der Waals surface area contributed by atoms with Gasteiger partial charge in [0.1, 0.15) is 0 Å². The van der Waals surface area contributed by atoms with Gasteiger partial charge in [0, 0.05) is 31.2 Å². The normalized spacial score (nSPS) is 16.6. The van der Waals surface area contributed by atoms with Crippen LogP contribution in [0.25, 0.3) is 12.2 Å². The zero-order valence-electron chi connectivity index (χ0n) is 17.5. The topological polar surface area (TPSA) is 82.5 Å². The van der Waals surface area contributed by atoms with E-state index in [1.807, 2.05) is 0 Å². The lowest BCUT2D eigenvalue weighted by atomic mass is 9.90. The molecule has 1 atom stereocenters. The first-order chi connectivity index (χ1) is 15.3. The number of hydrogen-bond donors (Lipinski definition) is 2. The zero-order valence-corrected chi connectivity index (χ0v) is 18.3. The number of rotatable bonds is 5. The number of pyridine rings is 1. The van der Waals surface area contributed by atoms with Crippen LogP contribution in [0.1, 0.15) is 41.3 Å². The Bertz CT molecular complexity index is 1020. The highest BCUT2D eigenvalue weighted by atomic mass is 35.5. The lowest BCUT2D eigenvalue weighted by Crippen LogP contribution is -2.38. The molecule has 1 unspecified atom stereocenters. The van der Waals surface area contributed by atoms with Gasteiger partial charge in [-0.25, -0.2) is 10.5 Å². The number of benzene rings is 1. The highest BCUT2D eigenvalue weighted by Gasteiger charge is 2.31. The molecule has 0 saturated carbocycles. The number of nitrogens with one attached hydrogen (secondary N) is 1. The summed E-state index contributed by atoms with van der Waals surface area (Å²) in [4.78, 5) is 29.7. The molecule has 0 aliphatic carbocycles. The van der Waals surface area contributed by atoms with E-state index in [2.05, 4.69) is 4.98 Å². The number of amides is 2. The quantitative estimate of drug-likeness (QED) is 0.375. The highest BCUT2D eigenvalue weighted by molar-refractivity contribution is 5.92. The first-order valence-electron chi connectivity index (χ1n) is 9.99. The van der Waals surface area contributed by atoms with E-state index in [1.54, 1.807) is 29.2 Å². The van der Waals surface area contributed by atoms with Gasteiger partial charge in [-0.1, -0.05) is 18.2 Å². The zero-order chi connectivity index (χ0) is 23.1. The largest absolute Gasteiger partial charge is 0.416 e. The molecule has 1 fully saturated rings. The summed E-state index contributed by atoms with van der Waals surface area (Å²) >= 11 is 0. The summed E-state index contributed by atoms with van der Waals surface area (Å²) in [7, 11) is 0. The summed E-state index contributed by atoms with van der Waals surface area (Å²) in [5.74, 6) is -0.910. The van der Waals surface area contributed by atoms with Crippen molar-refractivity contribution >= 4 is 36.4 Å². The SMILES string of the molecule is Cl.O=C(/C=C/c1cccc(/C=C/C(=O)N2CCCC(c3ccc(C(F)(F)F)cc3)C2)n1)NO. The number of carbonyl (C=O) groups is 2. The van der Waals surface area contributed by atoms with Crippen LogP contribution in [0, 0.1) is 0 Å². The molecule has 2 aromatic rings. The maximum atomic E-state index is 12.8. The predicted molar refractivity (Wildman–Crippen MR) is 119 cm³/mol. The Morgan fingerprint density at radius 1 is 1.06 bits per heavy atom. The number of alkyl halides is 3. The molecular weight excluding hydrogens is 459 g/mol. The molecule has 33 heavy (non-hydrogen) atoms. The van der Waals surface area contributed by atoms with Crippen LogP contribution < -0.4 is 5.48 Å². The van der Waals surface area contributed by atoms with Gasteiger partial charge in [-0.3, -0.25) is 14.8 Å². The second kappa shape index (κ2) is 11.6. The average Bonchev–Trinajstić information content (AvgIpc) is 2.81. The number of likely N-dealkylation sites (tertiary alicyclic amines) is 1. The van der Waals surface area contributed by atoms with Crippen molar-refractivity contribution in [3.63, 3.8) is 0 Å². The van der Waals surface area contributed by atoms with Gasteiger partial charge in [0.2, 0.25) is 5.91 Å². The number of nitrogens with zero attached hydrogens (tertiary/aromatic N) is 2. The lowest BCUT2D eigenvalue weighted by Gasteiger charge is -2.32. The van der Waals surface area contributed by atoms with E-state index in [0.717, 1.165) is 36.6 Å². The van der Waals surface area contributed by atoms with E-state index in [-0.39, 0.29) is 24.2 Å². The van der Waals surface area contributed by atoms with Crippen LogP contribution in [0.4, 0.5) is 13.2 Å². The molecule has 2 N–H and O–H groups in total. The fraction of sp³-hybridized carbons (Fsp3) is 0.261. The Labute approximate surface area is 195 Å². The summed E-state index contributed by atoms with van der Waals surface area (Å²) in [6, 6.07) is 10.2. The van der Waals surface area contributed by atoms with Crippen LogP contribution in [0.15, 0.2) is 54.6 Å². The van der Waals surface area contributed by atoms with Crippen molar-refractivity contribution < 1.29 is 28.0 Å². The van der Waals surface area contributed by atoms with E-state index in [4.69, 9.17) is 5.21 Å². The minimum atomic E-state index is -4.37. The number of hydrogen-bond acceptors (Lipinski definition) is 4. The number of halogens is 4. The van der Waals surface area contributed by atoms with E-state index in [0.29, 0.717) is 24.5 Å². The van der Waals surface area contributed by atoms with Crippen LogP contribution in [0.2, 0.25) is 0 Å². The maximum Gasteiger partial charge on any atom is 0.416 e. The second-order valence-corrected chi connectivity index (χ2v) is 7.37. The van der Waals surface area contributed by atoms with E-state index in [9.17, 15) is 22.8 Å². The molecule has 1 aliphatic heterocycles. The van der Waals surface area contributed by atoms with Crippen LogP contribution in [-0.4, -0.2) is 40.0 Å². The van der Waals surface area contributed by atoms with Crippen LogP contribution >= 0.6 is 12.4 Å². The first-order valence-corrected chi connectivity index (χ1v) is 9.99. The third-order valence-corrected chi connectivity index (χ3v) is 5.15. The Balaban J connectivity index is 0.00000385. The van der Waals surface area contributed by atoms with Crippen molar-refractivity contribution in [3.8, 4) is 0 Å². The minimum absolute atomic E-state index is 0. The van der Waals surface area contributed by atoms with Gasteiger partial charge < -0.3 is 4.90 Å². The highest BCUT2D eigenvalue weighted by Crippen LogP contribution is 2.32. The maximum absolute atomic E-state index is 12.8. The summed E-state index contributed by atoms with van der Waals surface area (Å²) in [6.07, 6.45) is 2.70. The fourth-order valence-corrected chi connectivity index (χ4v) is 3.51. The summed E-state index contributed by atoms with van der Waals surface area (Å²) in [6.45, 7) is 1.01. The summed E-state index contributed by atoms with van der Waals surface area (Å²) in [5, 5.41) is 8.50. The van der Waals surface area contributed by atoms with Gasteiger partial charge >= 0.3 is 6.18 Å². The molecule has 2 amide bonds. The van der Waals surface area contributed by atoms with Gasteiger partial charge in [-0.15, -0.1) is 12.4 Å². The average molecular weight is 482 g/mol. The molecule has 10 heteroatoms. The molecular formula is C23H23ClF3N3O3. The molecule has 1 aromatic carbocycles. The van der Waals surface area contributed by atoms with Crippen molar-refractivity contribution in [3.05, 3.63) is 77.1 Å². The molecule has 0 bridgehead atoms. The Kier molecular flexibility index (Phi) is 9.19. The van der Waals surface area contributed by atoms with Crippen molar-refractivity contribution in [1.29, 1.82) is 0 Å². The van der Waals surface area contributed by atoms with Crippen LogP contribution in [-0.2, 0) is 15.8 Å². The predicted octanol–water partition coefficient (Wildman–Crippen LogP) is 4.46. The van der Waals surface area contributed by atoms with Crippen molar-refractivity contribution in [2.45, 2.75) is 24.9 Å². The first kappa shape index (κ1) is 26.1. The summed E-state index contributed by atoms with van der Waals surface area (Å²) < 4.78 is 38.3. The number of carbonyl (C=O) groups excluding carboxylic acids is 2. The Morgan fingerprint density at radius 2 is 1.70 bits per heavy atom. The van der Waals surface area contributed by atoms with E-state index < -0.39 is 17.6 Å². The monoisotopic (exact) mass is 481 g/mol. The smallest absolute Gasteiger partial charge is 0.339 e. The molecule has 0 spiro atoms. The lowest BCUT2D eigenvalue weighted by molar-refractivity contribution is -0.137. The van der Waals surface area contributed by atoms with Crippen LogP contribution in [0.5, 0.6) is 0 Å². The molecule has 1 saturated heterocycles. The van der Waals surface area contributed by atoms with Gasteiger partial charge in [0.05, 0.1) is 17.0 Å². The second-order valence-electron chi connectivity index (χ2n) is 7.37. The van der Waals surface area contributed by atoms with E-state index in [1.165, 1.54) is 29.8 Å². The number of hydroxylamine groups is 1. The van der Waals surface area contributed by atoms with Crippen molar-refractivity contribution in [1.82, 2.24) is 15.4 Å². The fourth-order valence-electron chi connectivity index (χ4n) is 3.51. The van der Waals surface area contributed by atoms with Crippen LogP contribution in [0.3, 0.4) is 0 Å². The third kappa shape index (κ3) is 7.44. The molecule has 1 aromatic heterocycles. The van der Waals surface area contributed by atoms with Gasteiger partial charge in [-0.2, -0.15) is 13.2 Å². The molecule has 1 aliphatic rings. The number of aromatic nitrogens is 1. The van der Waals surface area contributed by atoms with Gasteiger partial charge in [0.25, 0.3) is 5.91 Å². The summed E-state index contributed by atoms with van der Waals surface area (Å²) in [5.41, 5.74) is 2.57.